The molecule has 0 fully saturated rings. The summed E-state index contributed by atoms with van der Waals surface area (Å²) in [6, 6.07) is 13.4. The smallest absolute Gasteiger partial charge is 0.134 e. The van der Waals surface area contributed by atoms with Gasteiger partial charge in [-0.3, -0.25) is 0 Å². The van der Waals surface area contributed by atoms with E-state index in [4.69, 9.17) is 23.2 Å². The van der Waals surface area contributed by atoms with Crippen molar-refractivity contribution in [2.24, 2.45) is 0 Å². The van der Waals surface area contributed by atoms with E-state index >= 15 is 0 Å². The molecule has 1 unspecified atom stereocenters. The van der Waals surface area contributed by atoms with E-state index in [0.717, 1.165) is 22.6 Å². The van der Waals surface area contributed by atoms with E-state index in [1.807, 2.05) is 30.3 Å². The predicted molar refractivity (Wildman–Crippen MR) is 84.6 cm³/mol. The van der Waals surface area contributed by atoms with Crippen LogP contribution in [0, 0.1) is 0 Å². The Bertz CT molecular complexity index is 586. The Morgan fingerprint density at radius 2 is 1.85 bits per heavy atom. The number of benzene rings is 2. The van der Waals surface area contributed by atoms with Crippen molar-refractivity contribution in [3.05, 3.63) is 63.6 Å². The fourth-order valence-electron chi connectivity index (χ4n) is 2.02. The topological polar surface area (TPSA) is 32.3 Å². The SMILES string of the molecule is CC(Cc1ccccc1Cl)NCc1ccc(O)c(Cl)c1. The normalized spacial score (nSPS) is 12.3. The number of hydrogen-bond donors (Lipinski definition) is 2. The van der Waals surface area contributed by atoms with E-state index in [9.17, 15) is 5.11 Å². The van der Waals surface area contributed by atoms with Crippen LogP contribution in [0.3, 0.4) is 0 Å². The zero-order valence-corrected chi connectivity index (χ0v) is 12.7. The minimum atomic E-state index is 0.111. The number of phenolic OH excluding ortho intramolecular Hbond substituents is 1. The number of aromatic hydroxyl groups is 1. The molecule has 0 aromatic heterocycles. The van der Waals surface area contributed by atoms with Gasteiger partial charge in [0.25, 0.3) is 0 Å². The molecule has 4 heteroatoms. The fraction of sp³-hybridized carbons (Fsp3) is 0.250. The Balaban J connectivity index is 1.90. The minimum Gasteiger partial charge on any atom is -0.506 e. The average molecular weight is 310 g/mol. The molecule has 0 heterocycles. The molecule has 2 N–H and O–H groups in total. The Morgan fingerprint density at radius 3 is 2.55 bits per heavy atom. The van der Waals surface area contributed by atoms with E-state index in [1.165, 1.54) is 0 Å². The number of hydrogen-bond acceptors (Lipinski definition) is 2. The van der Waals surface area contributed by atoms with E-state index in [-0.39, 0.29) is 5.75 Å². The van der Waals surface area contributed by atoms with Gasteiger partial charge in [-0.15, -0.1) is 0 Å². The van der Waals surface area contributed by atoms with Gasteiger partial charge in [0.05, 0.1) is 5.02 Å². The molecular weight excluding hydrogens is 293 g/mol. The first-order chi connectivity index (χ1) is 9.56. The fourth-order valence-corrected chi connectivity index (χ4v) is 2.43. The van der Waals surface area contributed by atoms with Crippen LogP contribution >= 0.6 is 23.2 Å². The quantitative estimate of drug-likeness (QED) is 0.857. The average Bonchev–Trinajstić information content (AvgIpc) is 2.43. The molecule has 2 rings (SSSR count). The van der Waals surface area contributed by atoms with Crippen molar-refractivity contribution in [3.63, 3.8) is 0 Å². The van der Waals surface area contributed by atoms with Gasteiger partial charge in [0.15, 0.2) is 0 Å². The third-order valence-electron chi connectivity index (χ3n) is 3.15. The van der Waals surface area contributed by atoms with Gasteiger partial charge in [-0.2, -0.15) is 0 Å². The van der Waals surface area contributed by atoms with Crippen molar-refractivity contribution < 1.29 is 5.11 Å². The summed E-state index contributed by atoms with van der Waals surface area (Å²) in [7, 11) is 0. The van der Waals surface area contributed by atoms with Crippen molar-refractivity contribution in [1.82, 2.24) is 5.32 Å². The van der Waals surface area contributed by atoms with E-state index in [0.29, 0.717) is 17.6 Å². The summed E-state index contributed by atoms with van der Waals surface area (Å²) in [4.78, 5) is 0. The Kier molecular flexibility index (Phi) is 5.30. The lowest BCUT2D eigenvalue weighted by Gasteiger charge is -2.15. The summed E-state index contributed by atoms with van der Waals surface area (Å²) in [6.07, 6.45) is 0.867. The highest BCUT2D eigenvalue weighted by Crippen LogP contribution is 2.23. The van der Waals surface area contributed by atoms with Crippen LogP contribution in [-0.2, 0) is 13.0 Å². The molecule has 106 valence electrons. The van der Waals surface area contributed by atoms with Crippen molar-refractivity contribution >= 4 is 23.2 Å². The molecule has 2 aromatic carbocycles. The first-order valence-corrected chi connectivity index (χ1v) is 7.26. The second kappa shape index (κ2) is 6.98. The summed E-state index contributed by atoms with van der Waals surface area (Å²) in [5.74, 6) is 0.111. The molecule has 0 saturated carbocycles. The van der Waals surface area contributed by atoms with E-state index < -0.39 is 0 Å². The standard InChI is InChI=1S/C16H17Cl2NO/c1-11(8-13-4-2-3-5-14(13)17)19-10-12-6-7-16(20)15(18)9-12/h2-7,9,11,19-20H,8,10H2,1H3. The van der Waals surface area contributed by atoms with Gasteiger partial charge in [-0.25, -0.2) is 0 Å². The van der Waals surface area contributed by atoms with Crippen molar-refractivity contribution in [3.8, 4) is 5.75 Å². The number of halogens is 2. The molecule has 0 spiro atoms. The van der Waals surface area contributed by atoms with Crippen LogP contribution in [0.25, 0.3) is 0 Å². The zero-order valence-electron chi connectivity index (χ0n) is 11.2. The van der Waals surface area contributed by atoms with Gasteiger partial charge < -0.3 is 10.4 Å². The molecule has 0 radical (unpaired) electrons. The number of rotatable bonds is 5. The van der Waals surface area contributed by atoms with E-state index in [2.05, 4.69) is 12.2 Å². The lowest BCUT2D eigenvalue weighted by Crippen LogP contribution is -2.27. The first-order valence-electron chi connectivity index (χ1n) is 6.50. The summed E-state index contributed by atoms with van der Waals surface area (Å²) >= 11 is 12.0. The summed E-state index contributed by atoms with van der Waals surface area (Å²) in [5, 5.41) is 14.0. The van der Waals surface area contributed by atoms with Crippen LogP contribution in [0.1, 0.15) is 18.1 Å². The third kappa shape index (κ3) is 4.14. The molecular formula is C16H17Cl2NO. The first kappa shape index (κ1) is 15.2. The highest BCUT2D eigenvalue weighted by Gasteiger charge is 2.07. The monoisotopic (exact) mass is 309 g/mol. The third-order valence-corrected chi connectivity index (χ3v) is 3.82. The zero-order chi connectivity index (χ0) is 14.5. The second-order valence-corrected chi connectivity index (χ2v) is 5.68. The molecule has 20 heavy (non-hydrogen) atoms. The molecule has 0 amide bonds. The largest absolute Gasteiger partial charge is 0.506 e. The lowest BCUT2D eigenvalue weighted by atomic mass is 10.1. The summed E-state index contributed by atoms with van der Waals surface area (Å²) in [5.41, 5.74) is 2.18. The molecule has 0 saturated heterocycles. The maximum atomic E-state index is 9.38. The Labute approximate surface area is 129 Å². The highest BCUT2D eigenvalue weighted by molar-refractivity contribution is 6.32. The molecule has 0 aliphatic rings. The summed E-state index contributed by atoms with van der Waals surface area (Å²) in [6.45, 7) is 2.82. The van der Waals surface area contributed by atoms with Crippen molar-refractivity contribution in [2.75, 3.05) is 0 Å². The van der Waals surface area contributed by atoms with Crippen LogP contribution in [0.15, 0.2) is 42.5 Å². The van der Waals surface area contributed by atoms with E-state index in [1.54, 1.807) is 12.1 Å². The van der Waals surface area contributed by atoms with Crippen LogP contribution < -0.4 is 5.32 Å². The van der Waals surface area contributed by atoms with Gasteiger partial charge >= 0.3 is 0 Å². The van der Waals surface area contributed by atoms with Gasteiger partial charge in [0.1, 0.15) is 5.75 Å². The maximum absolute atomic E-state index is 9.38. The van der Waals surface area contributed by atoms with Crippen LogP contribution in [0.4, 0.5) is 0 Å². The lowest BCUT2D eigenvalue weighted by molar-refractivity contribution is 0.475. The Morgan fingerprint density at radius 1 is 1.10 bits per heavy atom. The van der Waals surface area contributed by atoms with Crippen molar-refractivity contribution in [2.45, 2.75) is 25.9 Å². The molecule has 1 atom stereocenters. The molecule has 0 bridgehead atoms. The van der Waals surface area contributed by atoms with Crippen LogP contribution in [-0.4, -0.2) is 11.1 Å². The highest BCUT2D eigenvalue weighted by atomic mass is 35.5. The molecule has 0 aliphatic carbocycles. The number of nitrogens with one attached hydrogen (secondary N) is 1. The van der Waals surface area contributed by atoms with Gasteiger partial charge in [-0.05, 0) is 42.7 Å². The van der Waals surface area contributed by atoms with Gasteiger partial charge in [-0.1, -0.05) is 47.5 Å². The predicted octanol–water partition coefficient (Wildman–Crippen LogP) is 4.42. The van der Waals surface area contributed by atoms with Crippen LogP contribution in [0.2, 0.25) is 10.0 Å². The van der Waals surface area contributed by atoms with Crippen LogP contribution in [0.5, 0.6) is 5.75 Å². The minimum absolute atomic E-state index is 0.111. The summed E-state index contributed by atoms with van der Waals surface area (Å²) < 4.78 is 0. The molecule has 2 aromatic rings. The second-order valence-electron chi connectivity index (χ2n) is 4.86. The van der Waals surface area contributed by atoms with Crippen molar-refractivity contribution in [1.29, 1.82) is 0 Å². The Hall–Kier alpha value is -1.22. The molecule has 0 aliphatic heterocycles. The number of phenols is 1. The van der Waals surface area contributed by atoms with Gasteiger partial charge in [0, 0.05) is 17.6 Å². The molecule has 2 nitrogen and oxygen atoms in total. The maximum Gasteiger partial charge on any atom is 0.134 e. The van der Waals surface area contributed by atoms with Gasteiger partial charge in [0.2, 0.25) is 0 Å².